The number of carbonyl (C=O) groups is 2. The Morgan fingerprint density at radius 3 is 2.69 bits per heavy atom. The Bertz CT molecular complexity index is 1110. The number of carbonyl (C=O) groups excluding carboxylic acids is 2. The van der Waals surface area contributed by atoms with Gasteiger partial charge in [-0.25, -0.2) is 9.59 Å². The lowest BCUT2D eigenvalue weighted by atomic mass is 9.99. The van der Waals surface area contributed by atoms with Crippen LogP contribution >= 0.6 is 23.1 Å². The van der Waals surface area contributed by atoms with Gasteiger partial charge in [0.2, 0.25) is 0 Å². The van der Waals surface area contributed by atoms with Crippen molar-refractivity contribution in [3.05, 3.63) is 52.3 Å². The highest BCUT2D eigenvalue weighted by Gasteiger charge is 2.49. The predicted molar refractivity (Wildman–Crippen MR) is 111 cm³/mol. The molecule has 1 aromatic heterocycles. The number of ether oxygens (including phenoxy) is 2. The van der Waals surface area contributed by atoms with Crippen LogP contribution in [0.4, 0.5) is 0 Å². The molecule has 29 heavy (non-hydrogen) atoms. The Balaban J connectivity index is 1.65. The molecule has 4 heterocycles. The quantitative estimate of drug-likeness (QED) is 0.752. The number of thiophene rings is 1. The van der Waals surface area contributed by atoms with Gasteiger partial charge in [0.1, 0.15) is 0 Å². The maximum Gasteiger partial charge on any atom is 0.334 e. The zero-order valence-electron chi connectivity index (χ0n) is 15.3. The number of nitrogens with zero attached hydrogens (tertiary/aromatic N) is 2. The van der Waals surface area contributed by atoms with Gasteiger partial charge in [0, 0.05) is 39.7 Å². The molecule has 148 valence electrons. The van der Waals surface area contributed by atoms with E-state index in [9.17, 15) is 14.7 Å². The lowest BCUT2D eigenvalue weighted by Gasteiger charge is -2.31. The lowest BCUT2D eigenvalue weighted by molar-refractivity contribution is -0.210. The Kier molecular flexibility index (Phi) is 4.27. The van der Waals surface area contributed by atoms with Crippen molar-refractivity contribution in [1.29, 1.82) is 0 Å². The molecular weight excluding hydrogens is 412 g/mol. The molecular formula is C20H16N2O5S2. The highest BCUT2D eigenvalue weighted by molar-refractivity contribution is 8.17. The van der Waals surface area contributed by atoms with Crippen LogP contribution in [0, 0.1) is 0 Å². The zero-order valence-corrected chi connectivity index (χ0v) is 17.0. The van der Waals surface area contributed by atoms with Crippen LogP contribution < -0.4 is 0 Å². The maximum absolute atomic E-state index is 11.9. The summed E-state index contributed by atoms with van der Waals surface area (Å²) in [5.74, 6) is -1.49. The normalized spacial score (nSPS) is 21.7. The Morgan fingerprint density at radius 2 is 1.93 bits per heavy atom. The van der Waals surface area contributed by atoms with Crippen LogP contribution in [0.2, 0.25) is 0 Å². The van der Waals surface area contributed by atoms with Crippen LogP contribution in [-0.4, -0.2) is 52.1 Å². The molecule has 0 spiro atoms. The first-order valence-corrected chi connectivity index (χ1v) is 10.7. The lowest BCUT2D eigenvalue weighted by Crippen LogP contribution is -2.45. The van der Waals surface area contributed by atoms with Gasteiger partial charge in [-0.3, -0.25) is 4.99 Å². The van der Waals surface area contributed by atoms with Gasteiger partial charge in [0.05, 0.1) is 17.1 Å². The summed E-state index contributed by atoms with van der Waals surface area (Å²) in [5.41, 5.74) is 0.00985. The molecule has 0 radical (unpaired) electrons. The Labute approximate surface area is 174 Å². The number of amidine groups is 1. The van der Waals surface area contributed by atoms with E-state index in [1.807, 2.05) is 29.6 Å². The minimum absolute atomic E-state index is 0.534. The third-order valence-electron chi connectivity index (χ3n) is 4.94. The number of hydrogen-bond donors (Lipinski definition) is 1. The van der Waals surface area contributed by atoms with E-state index in [1.54, 1.807) is 11.3 Å². The average molecular weight is 428 g/mol. The van der Waals surface area contributed by atoms with E-state index in [0.29, 0.717) is 18.0 Å². The molecule has 0 saturated heterocycles. The van der Waals surface area contributed by atoms with E-state index in [4.69, 9.17) is 9.47 Å². The number of hydrogen-bond acceptors (Lipinski definition) is 9. The zero-order chi connectivity index (χ0) is 20.2. The maximum atomic E-state index is 11.9. The molecule has 2 aromatic rings. The van der Waals surface area contributed by atoms with Gasteiger partial charge in [-0.15, -0.1) is 11.3 Å². The summed E-state index contributed by atoms with van der Waals surface area (Å²) in [4.78, 5) is 30.9. The summed E-state index contributed by atoms with van der Waals surface area (Å²) < 4.78 is 11.5. The van der Waals surface area contributed by atoms with Crippen molar-refractivity contribution in [1.82, 2.24) is 4.90 Å². The second-order valence-electron chi connectivity index (χ2n) is 6.93. The summed E-state index contributed by atoms with van der Waals surface area (Å²) >= 11 is 2.93. The molecule has 1 unspecified atom stereocenters. The van der Waals surface area contributed by atoms with Crippen molar-refractivity contribution in [3.63, 3.8) is 0 Å². The van der Waals surface area contributed by atoms with Gasteiger partial charge < -0.3 is 19.5 Å². The molecule has 5 rings (SSSR count). The standard InChI is InChI=1S/C20H16N2O5S2/c1-20(25,18-26-14(23)6-7-15(24)27-18)17-16(22-9-8-21-19(22)29-17)12-10-28-13-5-3-2-4-11(12)13/h2-7,10,18,25H,8-9H2,1H3. The molecule has 1 atom stereocenters. The fraction of sp³-hybridized carbons (Fsp3) is 0.250. The smallest absolute Gasteiger partial charge is 0.334 e. The third-order valence-corrected chi connectivity index (χ3v) is 7.24. The molecule has 0 saturated carbocycles. The fourth-order valence-corrected chi connectivity index (χ4v) is 5.74. The minimum atomic E-state index is -1.76. The summed E-state index contributed by atoms with van der Waals surface area (Å²) in [6.45, 7) is 2.84. The Morgan fingerprint density at radius 1 is 1.21 bits per heavy atom. The number of esters is 2. The van der Waals surface area contributed by atoms with Crippen molar-refractivity contribution in [2.45, 2.75) is 18.8 Å². The monoisotopic (exact) mass is 428 g/mol. The second kappa shape index (κ2) is 6.72. The molecule has 0 aliphatic carbocycles. The number of benzene rings is 1. The number of aliphatic hydroxyl groups is 1. The first-order chi connectivity index (χ1) is 13.9. The summed E-state index contributed by atoms with van der Waals surface area (Å²) in [7, 11) is 0. The first-order valence-electron chi connectivity index (χ1n) is 8.98. The van der Waals surface area contributed by atoms with Gasteiger partial charge in [-0.2, -0.15) is 0 Å². The van der Waals surface area contributed by atoms with Crippen LogP contribution in [0.1, 0.15) is 12.5 Å². The predicted octanol–water partition coefficient (Wildman–Crippen LogP) is 2.72. The van der Waals surface area contributed by atoms with Gasteiger partial charge in [-0.05, 0) is 13.0 Å². The topological polar surface area (TPSA) is 88.4 Å². The molecule has 3 aliphatic rings. The molecule has 3 aliphatic heterocycles. The summed E-state index contributed by atoms with van der Waals surface area (Å²) in [6, 6.07) is 8.03. The highest BCUT2D eigenvalue weighted by atomic mass is 32.2. The molecule has 0 bridgehead atoms. The van der Waals surface area contributed by atoms with Crippen molar-refractivity contribution in [2.24, 2.45) is 4.99 Å². The van der Waals surface area contributed by atoms with Crippen molar-refractivity contribution in [3.8, 4) is 0 Å². The molecule has 1 N–H and O–H groups in total. The highest BCUT2D eigenvalue weighted by Crippen LogP contribution is 2.50. The van der Waals surface area contributed by atoms with E-state index in [1.165, 1.54) is 18.7 Å². The van der Waals surface area contributed by atoms with E-state index < -0.39 is 23.8 Å². The molecule has 0 fully saturated rings. The van der Waals surface area contributed by atoms with Gasteiger partial charge >= 0.3 is 11.9 Å². The van der Waals surface area contributed by atoms with E-state index in [-0.39, 0.29) is 0 Å². The first kappa shape index (κ1) is 18.4. The minimum Gasteiger partial charge on any atom is -0.418 e. The number of aliphatic imine (C=N–C) groups is 1. The van der Waals surface area contributed by atoms with E-state index in [0.717, 1.165) is 38.7 Å². The number of thioether (sulfide) groups is 1. The van der Waals surface area contributed by atoms with Crippen LogP contribution in [0.25, 0.3) is 15.8 Å². The van der Waals surface area contributed by atoms with Crippen molar-refractivity contribution >= 4 is 56.0 Å². The number of fused-ring (bicyclic) bond motifs is 2. The number of cyclic esters (lactones) is 2. The van der Waals surface area contributed by atoms with Crippen molar-refractivity contribution in [2.75, 3.05) is 13.1 Å². The van der Waals surface area contributed by atoms with Gasteiger partial charge in [0.15, 0.2) is 10.8 Å². The van der Waals surface area contributed by atoms with E-state index >= 15 is 0 Å². The summed E-state index contributed by atoms with van der Waals surface area (Å²) in [5, 5.41) is 15.3. The van der Waals surface area contributed by atoms with Crippen LogP contribution in [0.5, 0.6) is 0 Å². The van der Waals surface area contributed by atoms with Crippen LogP contribution in [-0.2, 0) is 19.1 Å². The fourth-order valence-electron chi connectivity index (χ4n) is 3.54. The number of rotatable bonds is 3. The largest absolute Gasteiger partial charge is 0.418 e. The molecule has 1 aromatic carbocycles. The third kappa shape index (κ3) is 2.97. The SMILES string of the molecule is CC(O)(C1=C(c2csc3ccccc23)N2CCN=C2S1)C1OC(=O)C=CC(=O)O1. The van der Waals surface area contributed by atoms with Crippen LogP contribution in [0.15, 0.2) is 51.7 Å². The molecule has 9 heteroatoms. The molecule has 0 amide bonds. The summed E-state index contributed by atoms with van der Waals surface area (Å²) in [6.07, 6.45) is 0.509. The van der Waals surface area contributed by atoms with E-state index in [2.05, 4.69) is 9.89 Å². The van der Waals surface area contributed by atoms with Crippen LogP contribution in [0.3, 0.4) is 0 Å². The molecule has 7 nitrogen and oxygen atoms in total. The second-order valence-corrected chi connectivity index (χ2v) is 8.82. The average Bonchev–Trinajstić information content (AvgIpc) is 3.37. The Hall–Kier alpha value is -2.62. The van der Waals surface area contributed by atoms with Gasteiger partial charge in [-0.1, -0.05) is 30.0 Å². The van der Waals surface area contributed by atoms with Crippen molar-refractivity contribution < 1.29 is 24.2 Å². The van der Waals surface area contributed by atoms with Gasteiger partial charge in [0.25, 0.3) is 6.29 Å².